The summed E-state index contributed by atoms with van der Waals surface area (Å²) in [6.45, 7) is 0. The van der Waals surface area contributed by atoms with Gasteiger partial charge in [-0.3, -0.25) is 0 Å². The number of benzene rings is 8. The van der Waals surface area contributed by atoms with E-state index in [0.717, 1.165) is 83.1 Å². The first-order chi connectivity index (χ1) is 27.3. The Morgan fingerprint density at radius 2 is 0.691 bits per heavy atom. The number of rotatable bonds is 7. The van der Waals surface area contributed by atoms with Gasteiger partial charge in [-0.15, -0.1) is 0 Å². The van der Waals surface area contributed by atoms with Crippen molar-refractivity contribution in [2.75, 3.05) is 0 Å². The van der Waals surface area contributed by atoms with Gasteiger partial charge in [0, 0.05) is 38.6 Å². The highest BCUT2D eigenvalue weighted by Gasteiger charge is 2.21. The van der Waals surface area contributed by atoms with E-state index in [-0.39, 0.29) is 0 Å². The van der Waals surface area contributed by atoms with Crippen molar-refractivity contribution >= 4 is 21.9 Å². The van der Waals surface area contributed by atoms with Crippen LogP contribution < -0.4 is 0 Å². The molecule has 0 aliphatic rings. The predicted molar refractivity (Wildman–Crippen MR) is 225 cm³/mol. The van der Waals surface area contributed by atoms with Crippen molar-refractivity contribution < 1.29 is 4.42 Å². The molecule has 0 atom stereocenters. The number of aromatic nitrogens is 3. The highest BCUT2D eigenvalue weighted by molar-refractivity contribution is 6.18. The molecule has 0 spiro atoms. The van der Waals surface area contributed by atoms with Crippen LogP contribution in [0.4, 0.5) is 0 Å². The molecule has 0 N–H and O–H groups in total. The Labute approximate surface area is 319 Å². The minimum Gasteiger partial charge on any atom is -0.455 e. The van der Waals surface area contributed by atoms with E-state index in [1.807, 2.05) is 72.8 Å². The average molecular weight is 704 g/mol. The van der Waals surface area contributed by atoms with Crippen molar-refractivity contribution in [3.05, 3.63) is 200 Å². The lowest BCUT2D eigenvalue weighted by Gasteiger charge is -2.13. The first kappa shape index (κ1) is 32.2. The van der Waals surface area contributed by atoms with Gasteiger partial charge in [0.2, 0.25) is 0 Å². The average Bonchev–Trinajstić information content (AvgIpc) is 3.67. The SMILES string of the molecule is c1ccc(-c2cc(-c3nc(-c4ccccc4)nc(-c4ccccc4)n3)cc(-c3ccc(-c4ccccc4)c4c3oc3c(-c5ccccc5)cccc34)c2)cc1. The molecule has 0 fully saturated rings. The zero-order valence-electron chi connectivity index (χ0n) is 29.8. The fourth-order valence-corrected chi connectivity index (χ4v) is 7.48. The van der Waals surface area contributed by atoms with Crippen LogP contribution >= 0.6 is 0 Å². The van der Waals surface area contributed by atoms with E-state index < -0.39 is 0 Å². The minimum absolute atomic E-state index is 0.597. The van der Waals surface area contributed by atoms with Crippen LogP contribution in [0.15, 0.2) is 205 Å². The van der Waals surface area contributed by atoms with E-state index in [9.17, 15) is 0 Å². The van der Waals surface area contributed by atoms with Gasteiger partial charge in [0.25, 0.3) is 0 Å². The van der Waals surface area contributed by atoms with Gasteiger partial charge in [-0.1, -0.05) is 176 Å². The van der Waals surface area contributed by atoms with Crippen molar-refractivity contribution in [3.63, 3.8) is 0 Å². The normalized spacial score (nSPS) is 11.3. The Hall–Kier alpha value is -7.43. The highest BCUT2D eigenvalue weighted by Crippen LogP contribution is 2.45. The highest BCUT2D eigenvalue weighted by atomic mass is 16.3. The fourth-order valence-electron chi connectivity index (χ4n) is 7.48. The van der Waals surface area contributed by atoms with E-state index in [4.69, 9.17) is 19.4 Å². The molecule has 2 heterocycles. The second-order valence-electron chi connectivity index (χ2n) is 13.6. The molecule has 0 aliphatic carbocycles. The summed E-state index contributed by atoms with van der Waals surface area (Å²) in [4.78, 5) is 15.2. The van der Waals surface area contributed by atoms with Crippen LogP contribution in [-0.4, -0.2) is 15.0 Å². The first-order valence-corrected chi connectivity index (χ1v) is 18.4. The molecule has 0 saturated heterocycles. The molecular formula is C51H33N3O. The van der Waals surface area contributed by atoms with Gasteiger partial charge < -0.3 is 4.42 Å². The van der Waals surface area contributed by atoms with Crippen LogP contribution in [0.2, 0.25) is 0 Å². The van der Waals surface area contributed by atoms with Crippen LogP contribution in [0.3, 0.4) is 0 Å². The zero-order valence-corrected chi connectivity index (χ0v) is 29.8. The largest absolute Gasteiger partial charge is 0.455 e. The number of hydrogen-bond donors (Lipinski definition) is 0. The maximum atomic E-state index is 7.09. The van der Waals surface area contributed by atoms with Crippen molar-refractivity contribution in [2.45, 2.75) is 0 Å². The molecule has 258 valence electrons. The fraction of sp³-hybridized carbons (Fsp3) is 0. The molecule has 0 saturated carbocycles. The molecule has 0 bridgehead atoms. The van der Waals surface area contributed by atoms with Crippen LogP contribution in [0, 0.1) is 0 Å². The van der Waals surface area contributed by atoms with Gasteiger partial charge in [-0.05, 0) is 57.6 Å². The van der Waals surface area contributed by atoms with E-state index in [1.165, 1.54) is 0 Å². The van der Waals surface area contributed by atoms with Crippen LogP contribution in [0.25, 0.3) is 101 Å². The number of fused-ring (bicyclic) bond motifs is 3. The summed E-state index contributed by atoms with van der Waals surface area (Å²) in [6.07, 6.45) is 0. The van der Waals surface area contributed by atoms with Crippen molar-refractivity contribution in [1.82, 2.24) is 15.0 Å². The van der Waals surface area contributed by atoms with Gasteiger partial charge in [-0.2, -0.15) is 0 Å². The van der Waals surface area contributed by atoms with Crippen molar-refractivity contribution in [1.29, 1.82) is 0 Å². The second-order valence-corrected chi connectivity index (χ2v) is 13.6. The summed E-state index contributed by atoms with van der Waals surface area (Å²) < 4.78 is 7.09. The topological polar surface area (TPSA) is 51.8 Å². The Balaban J connectivity index is 1.25. The molecular weight excluding hydrogens is 671 g/mol. The smallest absolute Gasteiger partial charge is 0.164 e. The Kier molecular flexibility index (Phi) is 8.12. The Bertz CT molecular complexity index is 2890. The van der Waals surface area contributed by atoms with Gasteiger partial charge in [-0.25, -0.2) is 15.0 Å². The Morgan fingerprint density at radius 3 is 1.25 bits per heavy atom. The summed E-state index contributed by atoms with van der Waals surface area (Å²) in [7, 11) is 0. The van der Waals surface area contributed by atoms with Gasteiger partial charge in [0.05, 0.1) is 0 Å². The van der Waals surface area contributed by atoms with Gasteiger partial charge in [0.1, 0.15) is 11.2 Å². The standard InChI is InChI=1S/C51H33N3O/c1-6-17-34(18-7-1)39-31-40(33-41(32-39)51-53-49(37-23-12-4-13-24-37)52-50(54-51)38-25-14-5-15-26-38)44-30-29-42(35-19-8-2-9-20-35)46-45-28-16-27-43(47(45)55-48(44)46)36-21-10-3-11-22-36/h1-33H. The molecule has 10 rings (SSSR count). The van der Waals surface area contributed by atoms with Crippen molar-refractivity contribution in [3.8, 4) is 78.7 Å². The molecule has 0 radical (unpaired) electrons. The molecule has 10 aromatic rings. The van der Waals surface area contributed by atoms with E-state index >= 15 is 0 Å². The number of para-hydroxylation sites is 1. The summed E-state index contributed by atoms with van der Waals surface area (Å²) in [5.41, 5.74) is 13.0. The minimum atomic E-state index is 0.597. The maximum absolute atomic E-state index is 7.09. The molecule has 2 aromatic heterocycles. The van der Waals surface area contributed by atoms with Gasteiger partial charge in [0.15, 0.2) is 17.5 Å². The van der Waals surface area contributed by atoms with E-state index in [1.54, 1.807) is 0 Å². The van der Waals surface area contributed by atoms with Crippen molar-refractivity contribution in [2.24, 2.45) is 0 Å². The summed E-state index contributed by atoms with van der Waals surface area (Å²) in [6, 6.07) is 69.2. The summed E-state index contributed by atoms with van der Waals surface area (Å²) in [5.74, 6) is 1.84. The first-order valence-electron chi connectivity index (χ1n) is 18.4. The molecule has 4 heteroatoms. The third kappa shape index (κ3) is 6.06. The third-order valence-corrected chi connectivity index (χ3v) is 10.1. The van der Waals surface area contributed by atoms with Crippen LogP contribution in [0.5, 0.6) is 0 Å². The molecule has 55 heavy (non-hydrogen) atoms. The lowest BCUT2D eigenvalue weighted by Crippen LogP contribution is -2.00. The van der Waals surface area contributed by atoms with E-state index in [2.05, 4.69) is 127 Å². The number of hydrogen-bond acceptors (Lipinski definition) is 4. The lowest BCUT2D eigenvalue weighted by atomic mass is 9.91. The molecule has 0 amide bonds. The maximum Gasteiger partial charge on any atom is 0.164 e. The number of furan rings is 1. The van der Waals surface area contributed by atoms with Gasteiger partial charge >= 0.3 is 0 Å². The Morgan fingerprint density at radius 1 is 0.273 bits per heavy atom. The zero-order chi connectivity index (χ0) is 36.6. The predicted octanol–water partition coefficient (Wildman–Crippen LogP) is 13.4. The molecule has 8 aromatic carbocycles. The molecule has 4 nitrogen and oxygen atoms in total. The summed E-state index contributed by atoms with van der Waals surface area (Å²) >= 11 is 0. The van der Waals surface area contributed by atoms with Crippen LogP contribution in [-0.2, 0) is 0 Å². The third-order valence-electron chi connectivity index (χ3n) is 10.1. The number of nitrogens with zero attached hydrogens (tertiary/aromatic N) is 3. The quantitative estimate of drug-likeness (QED) is 0.166. The van der Waals surface area contributed by atoms with Crippen LogP contribution in [0.1, 0.15) is 0 Å². The molecule has 0 unspecified atom stereocenters. The lowest BCUT2D eigenvalue weighted by molar-refractivity contribution is 0.671. The monoisotopic (exact) mass is 703 g/mol. The second kappa shape index (κ2) is 13.8. The molecule has 0 aliphatic heterocycles. The van der Waals surface area contributed by atoms with E-state index in [0.29, 0.717) is 17.5 Å². The summed E-state index contributed by atoms with van der Waals surface area (Å²) in [5, 5.41) is 2.16.